The molecular weight excluding hydrogens is 350 g/mol. The number of carbonyl (C=O) groups is 1. The number of aliphatic hydroxyl groups is 4. The molecule has 0 saturated carbocycles. The highest BCUT2D eigenvalue weighted by Gasteiger charge is 2.36. The van der Waals surface area contributed by atoms with Gasteiger partial charge in [0.05, 0.1) is 32.5 Å². The van der Waals surface area contributed by atoms with Gasteiger partial charge in [0.2, 0.25) is 5.91 Å². The van der Waals surface area contributed by atoms with Crippen molar-refractivity contribution in [3.05, 3.63) is 0 Å². The molecule has 10 nitrogen and oxygen atoms in total. The van der Waals surface area contributed by atoms with Crippen molar-refractivity contribution in [1.82, 2.24) is 5.32 Å². The Hall–Kier alpha value is -0.850. The number of nitrogens with one attached hydrogen (secondary N) is 1. The van der Waals surface area contributed by atoms with Gasteiger partial charge in [-0.3, -0.25) is 4.79 Å². The van der Waals surface area contributed by atoms with Crippen LogP contribution in [0.2, 0.25) is 0 Å². The Balaban J connectivity index is 1.97. The van der Waals surface area contributed by atoms with E-state index in [9.17, 15) is 15.0 Å². The van der Waals surface area contributed by atoms with E-state index in [-0.39, 0.29) is 19.1 Å². The van der Waals surface area contributed by atoms with E-state index in [0.717, 1.165) is 0 Å². The van der Waals surface area contributed by atoms with Gasteiger partial charge >= 0.3 is 0 Å². The van der Waals surface area contributed by atoms with Crippen LogP contribution in [-0.4, -0.2) is 97.3 Å². The van der Waals surface area contributed by atoms with Crippen LogP contribution in [0.4, 0.5) is 0 Å². The quantitative estimate of drug-likeness (QED) is 0.172. The molecule has 154 valence electrons. The topological polar surface area (TPSA) is 147 Å². The standard InChI is InChI=1S/C16H31NO9/c18-10-13-16(22)12(20)9-15(26-13)25-5-2-1-3-14(21)17-4-6-23-7-8-24-11-19/h12-13,15-16,18-20,22H,1-11H2,(H,17,21)/t12-,13-,15-,16-/m1/s1. The summed E-state index contributed by atoms with van der Waals surface area (Å²) in [6, 6.07) is 0. The van der Waals surface area contributed by atoms with Crippen LogP contribution in [0.1, 0.15) is 25.7 Å². The van der Waals surface area contributed by atoms with Crippen LogP contribution in [0.15, 0.2) is 0 Å². The lowest BCUT2D eigenvalue weighted by Gasteiger charge is -2.36. The number of hydrogen-bond donors (Lipinski definition) is 5. The summed E-state index contributed by atoms with van der Waals surface area (Å²) in [5, 5.41) is 39.5. The first-order chi connectivity index (χ1) is 12.6. The summed E-state index contributed by atoms with van der Waals surface area (Å²) >= 11 is 0. The summed E-state index contributed by atoms with van der Waals surface area (Å²) in [4.78, 5) is 11.6. The molecule has 1 saturated heterocycles. The molecular formula is C16H31NO9. The molecule has 5 N–H and O–H groups in total. The van der Waals surface area contributed by atoms with Gasteiger partial charge in [-0.2, -0.15) is 0 Å². The van der Waals surface area contributed by atoms with E-state index in [1.54, 1.807) is 0 Å². The van der Waals surface area contributed by atoms with Gasteiger partial charge in [-0.25, -0.2) is 0 Å². The van der Waals surface area contributed by atoms with Gasteiger partial charge in [-0.1, -0.05) is 0 Å². The van der Waals surface area contributed by atoms with E-state index in [1.807, 2.05) is 0 Å². The average Bonchev–Trinajstić information content (AvgIpc) is 2.63. The van der Waals surface area contributed by atoms with Crippen molar-refractivity contribution in [3.8, 4) is 0 Å². The summed E-state index contributed by atoms with van der Waals surface area (Å²) in [5.74, 6) is -0.0759. The van der Waals surface area contributed by atoms with Gasteiger partial charge < -0.3 is 44.7 Å². The highest BCUT2D eigenvalue weighted by atomic mass is 16.7. The molecule has 1 aliphatic rings. The van der Waals surface area contributed by atoms with Crippen molar-refractivity contribution >= 4 is 5.91 Å². The van der Waals surface area contributed by atoms with Crippen molar-refractivity contribution in [3.63, 3.8) is 0 Å². The molecule has 26 heavy (non-hydrogen) atoms. The van der Waals surface area contributed by atoms with Gasteiger partial charge in [0.25, 0.3) is 0 Å². The summed E-state index contributed by atoms with van der Waals surface area (Å²) in [6.07, 6.45) is -1.85. The van der Waals surface area contributed by atoms with Crippen LogP contribution in [0, 0.1) is 0 Å². The molecule has 10 heteroatoms. The second-order valence-corrected chi connectivity index (χ2v) is 5.91. The van der Waals surface area contributed by atoms with Crippen LogP contribution in [0.25, 0.3) is 0 Å². The minimum absolute atomic E-state index is 0.0759. The molecule has 0 spiro atoms. The Morgan fingerprint density at radius 2 is 1.85 bits per heavy atom. The van der Waals surface area contributed by atoms with E-state index in [4.69, 9.17) is 24.4 Å². The molecule has 0 aromatic carbocycles. The molecule has 0 aromatic rings. The highest BCUT2D eigenvalue weighted by Crippen LogP contribution is 2.21. The molecule has 0 bridgehead atoms. The first kappa shape index (κ1) is 23.2. The lowest BCUT2D eigenvalue weighted by molar-refractivity contribution is -0.256. The first-order valence-corrected chi connectivity index (χ1v) is 8.85. The number of amides is 1. The molecule has 1 amide bonds. The molecule has 4 atom stereocenters. The third-order valence-corrected chi connectivity index (χ3v) is 3.85. The SMILES string of the molecule is O=C(CCCCO[C@H]1C[C@@H](O)[C@@H](O)[C@@H](CO)O1)NCCOCCOCO. The largest absolute Gasteiger partial charge is 0.394 e. The first-order valence-electron chi connectivity index (χ1n) is 8.85. The molecule has 1 rings (SSSR count). The fourth-order valence-corrected chi connectivity index (χ4v) is 2.41. The van der Waals surface area contributed by atoms with Crippen LogP contribution < -0.4 is 5.32 Å². The summed E-state index contributed by atoms with van der Waals surface area (Å²) in [6.45, 7) is 1.09. The van der Waals surface area contributed by atoms with Gasteiger partial charge in [0.15, 0.2) is 6.29 Å². The monoisotopic (exact) mass is 381 g/mol. The maximum atomic E-state index is 11.6. The zero-order valence-corrected chi connectivity index (χ0v) is 14.9. The Labute approximate surface area is 153 Å². The van der Waals surface area contributed by atoms with Crippen molar-refractivity contribution in [2.75, 3.05) is 46.4 Å². The zero-order chi connectivity index (χ0) is 19.2. The maximum absolute atomic E-state index is 11.6. The number of hydrogen-bond acceptors (Lipinski definition) is 9. The Morgan fingerprint density at radius 1 is 1.08 bits per heavy atom. The van der Waals surface area contributed by atoms with Gasteiger partial charge in [0, 0.05) is 26.0 Å². The predicted molar refractivity (Wildman–Crippen MR) is 89.0 cm³/mol. The molecule has 1 heterocycles. The fraction of sp³-hybridized carbons (Fsp3) is 0.938. The molecule has 0 aliphatic carbocycles. The van der Waals surface area contributed by atoms with Crippen LogP contribution in [0.5, 0.6) is 0 Å². The molecule has 0 radical (unpaired) electrons. The minimum Gasteiger partial charge on any atom is -0.394 e. The van der Waals surface area contributed by atoms with Crippen molar-refractivity contribution in [2.45, 2.75) is 50.3 Å². The van der Waals surface area contributed by atoms with Crippen molar-refractivity contribution in [2.24, 2.45) is 0 Å². The van der Waals surface area contributed by atoms with E-state index < -0.39 is 31.2 Å². The lowest BCUT2D eigenvalue weighted by Crippen LogP contribution is -2.50. The maximum Gasteiger partial charge on any atom is 0.220 e. The second kappa shape index (κ2) is 14.2. The molecule has 1 fully saturated rings. The van der Waals surface area contributed by atoms with Gasteiger partial charge in [0.1, 0.15) is 19.0 Å². The predicted octanol–water partition coefficient (Wildman–Crippen LogP) is -1.90. The van der Waals surface area contributed by atoms with Crippen molar-refractivity contribution < 1.29 is 44.2 Å². The zero-order valence-electron chi connectivity index (χ0n) is 14.9. The number of carbonyl (C=O) groups excluding carboxylic acids is 1. The van der Waals surface area contributed by atoms with E-state index in [0.29, 0.717) is 52.2 Å². The fourth-order valence-electron chi connectivity index (χ4n) is 2.41. The minimum atomic E-state index is -1.12. The van der Waals surface area contributed by atoms with E-state index in [1.165, 1.54) is 0 Å². The highest BCUT2D eigenvalue weighted by molar-refractivity contribution is 5.75. The van der Waals surface area contributed by atoms with E-state index in [2.05, 4.69) is 10.1 Å². The molecule has 1 aliphatic heterocycles. The summed E-state index contributed by atoms with van der Waals surface area (Å²) in [7, 11) is 0. The normalized spacial score (nSPS) is 26.0. The Morgan fingerprint density at radius 3 is 2.58 bits per heavy atom. The smallest absolute Gasteiger partial charge is 0.220 e. The summed E-state index contributed by atoms with van der Waals surface area (Å²) in [5.41, 5.74) is 0. The van der Waals surface area contributed by atoms with Crippen LogP contribution in [-0.2, 0) is 23.7 Å². The Bertz CT molecular complexity index is 372. The summed E-state index contributed by atoms with van der Waals surface area (Å²) < 4.78 is 20.7. The van der Waals surface area contributed by atoms with Gasteiger partial charge in [-0.15, -0.1) is 0 Å². The third kappa shape index (κ3) is 9.74. The Kier molecular flexibility index (Phi) is 12.7. The number of unbranched alkanes of at least 4 members (excludes halogenated alkanes) is 1. The van der Waals surface area contributed by atoms with Crippen LogP contribution >= 0.6 is 0 Å². The number of aliphatic hydroxyl groups excluding tert-OH is 4. The third-order valence-electron chi connectivity index (χ3n) is 3.85. The molecule has 0 unspecified atom stereocenters. The molecule has 0 aromatic heterocycles. The van der Waals surface area contributed by atoms with Gasteiger partial charge in [-0.05, 0) is 12.8 Å². The second-order valence-electron chi connectivity index (χ2n) is 5.91. The number of ether oxygens (including phenoxy) is 4. The van der Waals surface area contributed by atoms with Crippen LogP contribution in [0.3, 0.4) is 0 Å². The lowest BCUT2D eigenvalue weighted by atomic mass is 10.0. The number of rotatable bonds is 14. The average molecular weight is 381 g/mol. The van der Waals surface area contributed by atoms with Crippen molar-refractivity contribution in [1.29, 1.82) is 0 Å². The van der Waals surface area contributed by atoms with E-state index >= 15 is 0 Å².